The zero-order valence-corrected chi connectivity index (χ0v) is 13.7. The van der Waals surface area contributed by atoms with Gasteiger partial charge in [-0.1, -0.05) is 6.92 Å². The Morgan fingerprint density at radius 3 is 2.46 bits per heavy atom. The number of aromatic nitrogens is 3. The van der Waals surface area contributed by atoms with Gasteiger partial charge in [0.05, 0.1) is 37.8 Å². The van der Waals surface area contributed by atoms with Gasteiger partial charge >= 0.3 is 0 Å². The van der Waals surface area contributed by atoms with Crippen molar-refractivity contribution in [3.05, 3.63) is 42.1 Å². The van der Waals surface area contributed by atoms with Gasteiger partial charge in [-0.15, -0.1) is 0 Å². The number of fused-ring (bicyclic) bond motifs is 1. The first-order valence-corrected chi connectivity index (χ1v) is 7.52. The van der Waals surface area contributed by atoms with E-state index in [1.54, 1.807) is 44.8 Å². The molecule has 2 N–H and O–H groups in total. The molecule has 0 saturated heterocycles. The number of aryl methyl sites for hydroxylation is 1. The smallest absolute Gasteiger partial charge is 0.272 e. The Morgan fingerprint density at radius 1 is 1.17 bits per heavy atom. The Labute approximate surface area is 139 Å². The Bertz CT molecular complexity index is 830. The SMILES string of the molecule is CCc1ncc(NC(=O)c2cc3c(OC)ccc(OC)c3[nH]2)cn1. The van der Waals surface area contributed by atoms with Gasteiger partial charge in [-0.25, -0.2) is 9.97 Å². The minimum Gasteiger partial charge on any atom is -0.496 e. The number of hydrogen-bond donors (Lipinski definition) is 2. The zero-order valence-electron chi connectivity index (χ0n) is 13.7. The fraction of sp³-hybridized carbons (Fsp3) is 0.235. The van der Waals surface area contributed by atoms with Crippen LogP contribution in [0.5, 0.6) is 11.5 Å². The van der Waals surface area contributed by atoms with Crippen LogP contribution < -0.4 is 14.8 Å². The number of hydrogen-bond acceptors (Lipinski definition) is 5. The van der Waals surface area contributed by atoms with Crippen LogP contribution in [0.1, 0.15) is 23.2 Å². The maximum atomic E-state index is 12.5. The van der Waals surface area contributed by atoms with Crippen LogP contribution in [0, 0.1) is 0 Å². The maximum Gasteiger partial charge on any atom is 0.272 e. The molecular weight excluding hydrogens is 308 g/mol. The topological polar surface area (TPSA) is 89.1 Å². The molecule has 7 nitrogen and oxygen atoms in total. The zero-order chi connectivity index (χ0) is 17.1. The highest BCUT2D eigenvalue weighted by Gasteiger charge is 2.15. The average Bonchev–Trinajstić information content (AvgIpc) is 3.07. The molecule has 2 aromatic heterocycles. The summed E-state index contributed by atoms with van der Waals surface area (Å²) in [7, 11) is 3.16. The van der Waals surface area contributed by atoms with Crippen LogP contribution in [-0.4, -0.2) is 35.1 Å². The number of ether oxygens (including phenoxy) is 2. The molecule has 124 valence electrons. The second kappa shape index (κ2) is 6.57. The summed E-state index contributed by atoms with van der Waals surface area (Å²) in [6.07, 6.45) is 3.93. The molecule has 2 heterocycles. The first-order valence-electron chi connectivity index (χ1n) is 7.52. The lowest BCUT2D eigenvalue weighted by atomic mass is 10.2. The summed E-state index contributed by atoms with van der Waals surface area (Å²) in [5.41, 5.74) is 1.64. The number of amides is 1. The summed E-state index contributed by atoms with van der Waals surface area (Å²) < 4.78 is 10.7. The quantitative estimate of drug-likeness (QED) is 0.752. The molecule has 3 aromatic rings. The van der Waals surface area contributed by atoms with E-state index in [1.165, 1.54) is 0 Å². The van der Waals surface area contributed by atoms with Crippen molar-refractivity contribution in [1.29, 1.82) is 0 Å². The van der Waals surface area contributed by atoms with Gasteiger partial charge in [0.1, 0.15) is 23.0 Å². The van der Waals surface area contributed by atoms with Crippen LogP contribution in [0.4, 0.5) is 5.69 Å². The highest BCUT2D eigenvalue weighted by molar-refractivity contribution is 6.07. The second-order valence-electron chi connectivity index (χ2n) is 5.14. The molecule has 1 amide bonds. The molecular formula is C17H18N4O3. The molecule has 0 fully saturated rings. The summed E-state index contributed by atoms with van der Waals surface area (Å²) in [4.78, 5) is 23.9. The van der Waals surface area contributed by atoms with Crippen molar-refractivity contribution in [2.24, 2.45) is 0 Å². The van der Waals surface area contributed by atoms with Gasteiger partial charge in [0.2, 0.25) is 0 Å². The summed E-state index contributed by atoms with van der Waals surface area (Å²) in [5.74, 6) is 1.74. The number of aromatic amines is 1. The van der Waals surface area contributed by atoms with E-state index >= 15 is 0 Å². The van der Waals surface area contributed by atoms with Gasteiger partial charge in [0.15, 0.2) is 0 Å². The monoisotopic (exact) mass is 326 g/mol. The Kier molecular flexibility index (Phi) is 4.33. The summed E-state index contributed by atoms with van der Waals surface area (Å²) in [6, 6.07) is 5.32. The average molecular weight is 326 g/mol. The lowest BCUT2D eigenvalue weighted by Crippen LogP contribution is -2.13. The molecule has 0 bridgehead atoms. The van der Waals surface area contributed by atoms with E-state index in [1.807, 2.05) is 6.92 Å². The van der Waals surface area contributed by atoms with Gasteiger partial charge < -0.3 is 19.8 Å². The van der Waals surface area contributed by atoms with Crippen LogP contribution in [0.2, 0.25) is 0 Å². The molecule has 24 heavy (non-hydrogen) atoms. The second-order valence-corrected chi connectivity index (χ2v) is 5.14. The standard InChI is InChI=1S/C17H18N4O3/c1-4-15-18-8-10(9-19-15)20-17(22)12-7-11-13(23-2)5-6-14(24-3)16(11)21-12/h5-9,21H,4H2,1-3H3,(H,20,22). The number of benzene rings is 1. The predicted octanol–water partition coefficient (Wildman–Crippen LogP) is 2.79. The van der Waals surface area contributed by atoms with Gasteiger partial charge in [-0.05, 0) is 18.2 Å². The predicted molar refractivity (Wildman–Crippen MR) is 90.8 cm³/mol. The Hall–Kier alpha value is -3.09. The molecule has 0 atom stereocenters. The molecule has 0 aliphatic heterocycles. The molecule has 0 saturated carbocycles. The third-order valence-electron chi connectivity index (χ3n) is 3.68. The highest BCUT2D eigenvalue weighted by Crippen LogP contribution is 2.33. The van der Waals surface area contributed by atoms with E-state index in [2.05, 4.69) is 20.3 Å². The third-order valence-corrected chi connectivity index (χ3v) is 3.68. The summed E-state index contributed by atoms with van der Waals surface area (Å²) >= 11 is 0. The molecule has 0 unspecified atom stereocenters. The Balaban J connectivity index is 1.91. The molecule has 7 heteroatoms. The maximum absolute atomic E-state index is 12.5. The van der Waals surface area contributed by atoms with Crippen molar-refractivity contribution in [3.63, 3.8) is 0 Å². The number of nitrogens with zero attached hydrogens (tertiary/aromatic N) is 2. The highest BCUT2D eigenvalue weighted by atomic mass is 16.5. The van der Waals surface area contributed by atoms with Crippen LogP contribution in [0.3, 0.4) is 0 Å². The lowest BCUT2D eigenvalue weighted by Gasteiger charge is -2.05. The molecule has 3 rings (SSSR count). The number of anilines is 1. The van der Waals surface area contributed by atoms with Gasteiger partial charge in [0.25, 0.3) is 5.91 Å². The molecule has 0 radical (unpaired) electrons. The number of H-pyrrole nitrogens is 1. The third kappa shape index (κ3) is 2.88. The van der Waals surface area contributed by atoms with Crippen molar-refractivity contribution in [3.8, 4) is 11.5 Å². The normalized spacial score (nSPS) is 10.6. The Morgan fingerprint density at radius 2 is 1.83 bits per heavy atom. The largest absolute Gasteiger partial charge is 0.496 e. The van der Waals surface area contributed by atoms with E-state index in [-0.39, 0.29) is 5.91 Å². The molecule has 1 aromatic carbocycles. The molecule has 0 aliphatic rings. The van der Waals surface area contributed by atoms with Crippen molar-refractivity contribution in [2.45, 2.75) is 13.3 Å². The number of methoxy groups -OCH3 is 2. The van der Waals surface area contributed by atoms with Crippen molar-refractivity contribution in [1.82, 2.24) is 15.0 Å². The fourth-order valence-electron chi connectivity index (χ4n) is 2.44. The van der Waals surface area contributed by atoms with E-state index < -0.39 is 0 Å². The number of carbonyl (C=O) groups excluding carboxylic acids is 1. The number of nitrogens with one attached hydrogen (secondary N) is 2. The molecule has 0 aliphatic carbocycles. The number of carbonyl (C=O) groups is 1. The van der Waals surface area contributed by atoms with E-state index in [4.69, 9.17) is 9.47 Å². The minimum atomic E-state index is -0.289. The number of rotatable bonds is 5. The lowest BCUT2D eigenvalue weighted by molar-refractivity contribution is 0.102. The van der Waals surface area contributed by atoms with Gasteiger partial charge in [-0.2, -0.15) is 0 Å². The molecule has 0 spiro atoms. The van der Waals surface area contributed by atoms with Crippen LogP contribution >= 0.6 is 0 Å². The van der Waals surface area contributed by atoms with Crippen molar-refractivity contribution in [2.75, 3.05) is 19.5 Å². The van der Waals surface area contributed by atoms with Crippen LogP contribution in [0.25, 0.3) is 10.9 Å². The van der Waals surface area contributed by atoms with Crippen molar-refractivity contribution >= 4 is 22.5 Å². The summed E-state index contributed by atoms with van der Waals surface area (Å²) in [6.45, 7) is 1.97. The first kappa shape index (κ1) is 15.8. The van der Waals surface area contributed by atoms with Gasteiger partial charge in [-0.3, -0.25) is 4.79 Å². The van der Waals surface area contributed by atoms with E-state index in [9.17, 15) is 4.79 Å². The van der Waals surface area contributed by atoms with E-state index in [0.717, 1.165) is 17.6 Å². The van der Waals surface area contributed by atoms with Gasteiger partial charge in [0, 0.05) is 11.8 Å². The van der Waals surface area contributed by atoms with Crippen LogP contribution in [-0.2, 0) is 6.42 Å². The van der Waals surface area contributed by atoms with E-state index in [0.29, 0.717) is 28.4 Å². The first-order chi connectivity index (χ1) is 11.7. The fourth-order valence-corrected chi connectivity index (χ4v) is 2.44. The summed E-state index contributed by atoms with van der Waals surface area (Å²) in [5, 5.41) is 3.55. The van der Waals surface area contributed by atoms with Crippen molar-refractivity contribution < 1.29 is 14.3 Å². The minimum absolute atomic E-state index is 0.289. The van der Waals surface area contributed by atoms with Crippen LogP contribution in [0.15, 0.2) is 30.6 Å².